The van der Waals surface area contributed by atoms with Gasteiger partial charge >= 0.3 is 0 Å². The van der Waals surface area contributed by atoms with Gasteiger partial charge in [0.25, 0.3) is 0 Å². The Bertz CT molecular complexity index is 545. The topological polar surface area (TPSA) is 35.2 Å². The van der Waals surface area contributed by atoms with E-state index in [9.17, 15) is 4.39 Å². The number of rotatable bonds is 4. The predicted octanol–water partition coefficient (Wildman–Crippen LogP) is 3.96. The Labute approximate surface area is 110 Å². The highest BCUT2D eigenvalue weighted by molar-refractivity contribution is 7.99. The molecule has 0 fully saturated rings. The van der Waals surface area contributed by atoms with Crippen molar-refractivity contribution in [3.05, 3.63) is 48.3 Å². The molecule has 0 heterocycles. The van der Waals surface area contributed by atoms with Crippen LogP contribution < -0.4 is 10.5 Å². The third-order valence-electron chi connectivity index (χ3n) is 2.35. The van der Waals surface area contributed by atoms with Crippen molar-refractivity contribution in [2.24, 2.45) is 0 Å². The van der Waals surface area contributed by atoms with Crippen molar-refractivity contribution in [1.82, 2.24) is 0 Å². The van der Waals surface area contributed by atoms with Crippen LogP contribution in [0.5, 0.6) is 5.75 Å². The average Bonchev–Trinajstić information content (AvgIpc) is 2.36. The Kier molecular flexibility index (Phi) is 4.10. The van der Waals surface area contributed by atoms with Crippen molar-refractivity contribution in [3.63, 3.8) is 0 Å². The number of hydrogen-bond donors (Lipinski definition) is 1. The molecule has 2 nitrogen and oxygen atoms in total. The zero-order chi connectivity index (χ0) is 13.0. The second-order valence-electron chi connectivity index (χ2n) is 3.67. The van der Waals surface area contributed by atoms with E-state index in [1.54, 1.807) is 18.2 Å². The molecule has 2 aromatic carbocycles. The number of nitrogens with two attached hydrogens (primary N) is 1. The lowest BCUT2D eigenvalue weighted by atomic mass is 10.3. The van der Waals surface area contributed by atoms with E-state index in [1.165, 1.54) is 17.8 Å². The Morgan fingerprint density at radius 3 is 2.72 bits per heavy atom. The van der Waals surface area contributed by atoms with Gasteiger partial charge in [0, 0.05) is 9.79 Å². The van der Waals surface area contributed by atoms with Gasteiger partial charge in [-0.25, -0.2) is 4.39 Å². The molecule has 0 aliphatic rings. The summed E-state index contributed by atoms with van der Waals surface area (Å²) in [7, 11) is 0. The van der Waals surface area contributed by atoms with Gasteiger partial charge < -0.3 is 10.5 Å². The molecule has 0 atom stereocenters. The number of ether oxygens (including phenoxy) is 1. The van der Waals surface area contributed by atoms with E-state index in [4.69, 9.17) is 10.5 Å². The van der Waals surface area contributed by atoms with Crippen molar-refractivity contribution in [3.8, 4) is 5.75 Å². The Morgan fingerprint density at radius 1 is 1.22 bits per heavy atom. The molecule has 2 N–H and O–H groups in total. The lowest BCUT2D eigenvalue weighted by molar-refractivity contribution is 0.341. The fourth-order valence-electron chi connectivity index (χ4n) is 1.51. The van der Waals surface area contributed by atoms with Crippen molar-refractivity contribution >= 4 is 17.4 Å². The predicted molar refractivity (Wildman–Crippen MR) is 72.5 cm³/mol. The number of hydrogen-bond acceptors (Lipinski definition) is 3. The molecule has 0 radical (unpaired) electrons. The van der Waals surface area contributed by atoms with Gasteiger partial charge in [-0.2, -0.15) is 0 Å². The van der Waals surface area contributed by atoms with Crippen LogP contribution in [0, 0.1) is 5.82 Å². The molecule has 0 aliphatic carbocycles. The first-order valence-corrected chi connectivity index (χ1v) is 6.47. The molecule has 0 unspecified atom stereocenters. The van der Waals surface area contributed by atoms with Gasteiger partial charge in [-0.15, -0.1) is 0 Å². The van der Waals surface area contributed by atoms with Crippen molar-refractivity contribution in [2.45, 2.75) is 16.7 Å². The summed E-state index contributed by atoms with van der Waals surface area (Å²) in [5.74, 6) is 0.413. The highest BCUT2D eigenvalue weighted by atomic mass is 32.2. The third kappa shape index (κ3) is 2.96. The molecule has 94 valence electrons. The fraction of sp³-hybridized carbons (Fsp3) is 0.143. The first-order chi connectivity index (χ1) is 8.70. The van der Waals surface area contributed by atoms with Crippen LogP contribution in [-0.2, 0) is 0 Å². The monoisotopic (exact) mass is 263 g/mol. The highest BCUT2D eigenvalue weighted by Gasteiger charge is 2.06. The smallest absolute Gasteiger partial charge is 0.143 e. The van der Waals surface area contributed by atoms with E-state index in [0.29, 0.717) is 22.9 Å². The molecular formula is C14H14FNOS. The largest absolute Gasteiger partial charge is 0.492 e. The normalized spacial score (nSPS) is 10.3. The summed E-state index contributed by atoms with van der Waals surface area (Å²) in [6, 6.07) is 12.1. The zero-order valence-corrected chi connectivity index (χ0v) is 10.8. The molecule has 0 aromatic heterocycles. The zero-order valence-electron chi connectivity index (χ0n) is 10.0. The molecule has 0 saturated heterocycles. The van der Waals surface area contributed by atoms with E-state index in [2.05, 4.69) is 0 Å². The van der Waals surface area contributed by atoms with Crippen LogP contribution in [0.4, 0.5) is 10.1 Å². The summed E-state index contributed by atoms with van der Waals surface area (Å²) in [5.41, 5.74) is 6.38. The van der Waals surface area contributed by atoms with Crippen molar-refractivity contribution < 1.29 is 9.13 Å². The number of nitrogen functional groups attached to an aromatic ring is 1. The van der Waals surface area contributed by atoms with Crippen LogP contribution in [0.15, 0.2) is 52.3 Å². The van der Waals surface area contributed by atoms with E-state index in [1.807, 2.05) is 25.1 Å². The molecular weight excluding hydrogens is 249 g/mol. The van der Waals surface area contributed by atoms with E-state index in [0.717, 1.165) is 4.90 Å². The maximum atomic E-state index is 13.5. The molecule has 0 spiro atoms. The Balaban J connectivity index is 2.24. The van der Waals surface area contributed by atoms with Gasteiger partial charge in [-0.1, -0.05) is 23.9 Å². The van der Waals surface area contributed by atoms with Crippen molar-refractivity contribution in [1.29, 1.82) is 0 Å². The summed E-state index contributed by atoms with van der Waals surface area (Å²) in [6.07, 6.45) is 0. The summed E-state index contributed by atoms with van der Waals surface area (Å²) in [5, 5.41) is 0. The van der Waals surface area contributed by atoms with Crippen LogP contribution in [0.3, 0.4) is 0 Å². The SMILES string of the molecule is CCOc1cc(Sc2ccccc2F)ccc1N. The maximum Gasteiger partial charge on any atom is 0.143 e. The number of benzene rings is 2. The van der Waals surface area contributed by atoms with Gasteiger partial charge in [0.2, 0.25) is 0 Å². The lowest BCUT2D eigenvalue weighted by Crippen LogP contribution is -1.96. The van der Waals surface area contributed by atoms with Crippen LogP contribution in [0.25, 0.3) is 0 Å². The summed E-state index contributed by atoms with van der Waals surface area (Å²) < 4.78 is 18.9. The van der Waals surface area contributed by atoms with Crippen molar-refractivity contribution in [2.75, 3.05) is 12.3 Å². The standard InChI is InChI=1S/C14H14FNOS/c1-2-17-13-9-10(7-8-12(13)16)18-14-6-4-3-5-11(14)15/h3-9H,2,16H2,1H3. The van der Waals surface area contributed by atoms with Gasteiger partial charge in [0.05, 0.1) is 12.3 Å². The molecule has 0 bridgehead atoms. The van der Waals surface area contributed by atoms with E-state index in [-0.39, 0.29) is 5.82 Å². The van der Waals surface area contributed by atoms with Gasteiger partial charge in [-0.3, -0.25) is 0 Å². The summed E-state index contributed by atoms with van der Waals surface area (Å²) in [6.45, 7) is 2.45. The molecule has 2 aromatic rings. The molecule has 0 aliphatic heterocycles. The van der Waals surface area contributed by atoms with Gasteiger partial charge in [-0.05, 0) is 37.3 Å². The first-order valence-electron chi connectivity index (χ1n) is 5.65. The van der Waals surface area contributed by atoms with Crippen LogP contribution in [0.1, 0.15) is 6.92 Å². The lowest BCUT2D eigenvalue weighted by Gasteiger charge is -2.09. The summed E-state index contributed by atoms with van der Waals surface area (Å²) >= 11 is 1.35. The molecule has 0 amide bonds. The highest BCUT2D eigenvalue weighted by Crippen LogP contribution is 2.34. The second kappa shape index (κ2) is 5.78. The fourth-order valence-corrected chi connectivity index (χ4v) is 2.38. The Hall–Kier alpha value is -1.68. The van der Waals surface area contributed by atoms with Crippen LogP contribution >= 0.6 is 11.8 Å². The minimum absolute atomic E-state index is 0.225. The van der Waals surface area contributed by atoms with E-state index < -0.39 is 0 Å². The van der Waals surface area contributed by atoms with E-state index >= 15 is 0 Å². The minimum Gasteiger partial charge on any atom is -0.492 e. The van der Waals surface area contributed by atoms with Gasteiger partial charge in [0.15, 0.2) is 0 Å². The number of halogens is 1. The molecule has 0 saturated carbocycles. The van der Waals surface area contributed by atoms with Crippen LogP contribution in [0.2, 0.25) is 0 Å². The number of anilines is 1. The molecule has 4 heteroatoms. The molecule has 18 heavy (non-hydrogen) atoms. The maximum absolute atomic E-state index is 13.5. The average molecular weight is 263 g/mol. The van der Waals surface area contributed by atoms with Gasteiger partial charge in [0.1, 0.15) is 11.6 Å². The quantitative estimate of drug-likeness (QED) is 0.848. The Morgan fingerprint density at radius 2 is 2.00 bits per heavy atom. The minimum atomic E-state index is -0.225. The molecule has 2 rings (SSSR count). The second-order valence-corrected chi connectivity index (χ2v) is 4.78. The first kappa shape index (κ1) is 12.8. The third-order valence-corrected chi connectivity index (χ3v) is 3.39. The summed E-state index contributed by atoms with van der Waals surface area (Å²) in [4.78, 5) is 1.49. The van der Waals surface area contributed by atoms with Crippen LogP contribution in [-0.4, -0.2) is 6.61 Å².